The zero-order chi connectivity index (χ0) is 20.3. The van der Waals surface area contributed by atoms with E-state index < -0.39 is 16.0 Å². The lowest BCUT2D eigenvalue weighted by atomic mass is 10.3. The fourth-order valence-corrected chi connectivity index (χ4v) is 5.64. The van der Waals surface area contributed by atoms with E-state index in [0.29, 0.717) is 18.9 Å². The Morgan fingerprint density at radius 2 is 1.90 bits per heavy atom. The fraction of sp³-hybridized carbons (Fsp3) is 0.263. The number of morpholine rings is 1. The number of ether oxygens (including phenoxy) is 2. The van der Waals surface area contributed by atoms with Crippen LogP contribution in [0.3, 0.4) is 0 Å². The molecule has 0 spiro atoms. The van der Waals surface area contributed by atoms with E-state index in [0.717, 1.165) is 17.0 Å². The molecule has 8 nitrogen and oxygen atoms in total. The Labute approximate surface area is 172 Å². The normalized spacial score (nSPS) is 15.3. The molecule has 0 atom stereocenters. The monoisotopic (exact) mass is 433 g/mol. The van der Waals surface area contributed by atoms with Gasteiger partial charge in [0.25, 0.3) is 0 Å². The number of nitrogens with zero attached hydrogens (tertiary/aromatic N) is 3. The average Bonchev–Trinajstić information content (AvgIpc) is 3.43. The number of carbonyl (C=O) groups is 1. The third-order valence-corrected chi connectivity index (χ3v) is 7.38. The second kappa shape index (κ2) is 8.46. The summed E-state index contributed by atoms with van der Waals surface area (Å²) in [7, 11) is -3.77. The molecule has 4 rings (SSSR count). The summed E-state index contributed by atoms with van der Waals surface area (Å²) < 4.78 is 39.3. The Hall–Kier alpha value is -2.53. The molecule has 1 aliphatic heterocycles. The van der Waals surface area contributed by atoms with Crippen LogP contribution in [0.25, 0.3) is 5.69 Å². The Balaban J connectivity index is 1.45. The molecule has 0 bridgehead atoms. The van der Waals surface area contributed by atoms with Crippen molar-refractivity contribution < 1.29 is 22.7 Å². The van der Waals surface area contributed by atoms with Gasteiger partial charge in [0.15, 0.2) is 0 Å². The van der Waals surface area contributed by atoms with Crippen molar-refractivity contribution in [2.45, 2.75) is 11.5 Å². The molecule has 0 unspecified atom stereocenters. The standard InChI is InChI=1S/C19H19N3O5S2/c23-19(27-14-15-6-8-22(20-15)16-4-2-1-3-5-16)18-17(7-13-28-18)29(24,25)21-9-11-26-12-10-21/h1-8,13H,9-12,14H2. The summed E-state index contributed by atoms with van der Waals surface area (Å²) in [5.41, 5.74) is 1.46. The number of hydrogen-bond acceptors (Lipinski definition) is 7. The van der Waals surface area contributed by atoms with E-state index in [2.05, 4.69) is 5.10 Å². The Morgan fingerprint density at radius 3 is 2.66 bits per heavy atom. The maximum Gasteiger partial charge on any atom is 0.350 e. The number of para-hydroxylation sites is 1. The molecule has 3 heterocycles. The van der Waals surface area contributed by atoms with Gasteiger partial charge in [-0.15, -0.1) is 11.3 Å². The second-order valence-electron chi connectivity index (χ2n) is 6.29. The van der Waals surface area contributed by atoms with E-state index in [1.165, 1.54) is 10.4 Å². The van der Waals surface area contributed by atoms with Crippen molar-refractivity contribution in [1.82, 2.24) is 14.1 Å². The molecule has 1 saturated heterocycles. The van der Waals surface area contributed by atoms with Gasteiger partial charge in [-0.2, -0.15) is 9.40 Å². The van der Waals surface area contributed by atoms with E-state index in [1.807, 2.05) is 30.3 Å². The molecule has 10 heteroatoms. The van der Waals surface area contributed by atoms with Crippen molar-refractivity contribution in [1.29, 1.82) is 0 Å². The number of aromatic nitrogens is 2. The van der Waals surface area contributed by atoms with Crippen molar-refractivity contribution in [2.24, 2.45) is 0 Å². The smallest absolute Gasteiger partial charge is 0.350 e. The third-order valence-electron chi connectivity index (χ3n) is 4.42. The summed E-state index contributed by atoms with van der Waals surface area (Å²) in [5.74, 6) is -0.680. The van der Waals surface area contributed by atoms with Crippen LogP contribution in [0.15, 0.2) is 58.9 Å². The predicted octanol–water partition coefficient (Wildman–Crippen LogP) is 2.31. The summed E-state index contributed by atoms with van der Waals surface area (Å²) in [4.78, 5) is 12.6. The van der Waals surface area contributed by atoms with Crippen molar-refractivity contribution in [3.63, 3.8) is 0 Å². The zero-order valence-electron chi connectivity index (χ0n) is 15.4. The van der Waals surface area contributed by atoms with Crippen molar-refractivity contribution in [2.75, 3.05) is 26.3 Å². The van der Waals surface area contributed by atoms with Gasteiger partial charge in [0, 0.05) is 19.3 Å². The Morgan fingerprint density at radius 1 is 1.14 bits per heavy atom. The molecule has 0 aliphatic carbocycles. The van der Waals surface area contributed by atoms with Crippen molar-refractivity contribution >= 4 is 27.3 Å². The maximum atomic E-state index is 12.9. The number of hydrogen-bond donors (Lipinski definition) is 0. The molecule has 2 aromatic heterocycles. The first-order valence-corrected chi connectivity index (χ1v) is 11.3. The minimum atomic E-state index is -3.77. The lowest BCUT2D eigenvalue weighted by Crippen LogP contribution is -2.40. The van der Waals surface area contributed by atoms with Crippen LogP contribution in [-0.4, -0.2) is 54.8 Å². The number of thiophene rings is 1. The molecule has 1 aliphatic rings. The fourth-order valence-electron chi connectivity index (χ4n) is 2.94. The number of benzene rings is 1. The lowest BCUT2D eigenvalue weighted by Gasteiger charge is -2.25. The van der Waals surface area contributed by atoms with Gasteiger partial charge in [-0.1, -0.05) is 18.2 Å². The Bertz CT molecular complexity index is 1090. The van der Waals surface area contributed by atoms with Gasteiger partial charge < -0.3 is 9.47 Å². The topological polar surface area (TPSA) is 90.7 Å². The number of carbonyl (C=O) groups excluding carboxylic acids is 1. The van der Waals surface area contributed by atoms with Crippen LogP contribution in [0, 0.1) is 0 Å². The number of esters is 1. The molecular formula is C19H19N3O5S2. The maximum absolute atomic E-state index is 12.9. The summed E-state index contributed by atoms with van der Waals surface area (Å²) in [6, 6.07) is 12.7. The molecule has 0 radical (unpaired) electrons. The van der Waals surface area contributed by atoms with Crippen LogP contribution >= 0.6 is 11.3 Å². The number of sulfonamides is 1. The van der Waals surface area contributed by atoms with Crippen molar-refractivity contribution in [3.8, 4) is 5.69 Å². The first-order valence-electron chi connectivity index (χ1n) is 8.98. The van der Waals surface area contributed by atoms with Gasteiger partial charge in [-0.3, -0.25) is 0 Å². The van der Waals surface area contributed by atoms with Gasteiger partial charge in [0.1, 0.15) is 22.1 Å². The van der Waals surface area contributed by atoms with E-state index >= 15 is 0 Å². The quantitative estimate of drug-likeness (QED) is 0.554. The van der Waals surface area contributed by atoms with Crippen molar-refractivity contribution in [3.05, 3.63) is 64.6 Å². The van der Waals surface area contributed by atoms with Crippen LogP contribution in [0.4, 0.5) is 0 Å². The first kappa shape index (κ1) is 19.8. The summed E-state index contributed by atoms with van der Waals surface area (Å²) in [5, 5.41) is 5.96. The van der Waals surface area contributed by atoms with Gasteiger partial charge >= 0.3 is 5.97 Å². The minimum absolute atomic E-state index is 0.0239. The van der Waals surface area contributed by atoms with Crippen LogP contribution < -0.4 is 0 Å². The van der Waals surface area contributed by atoms with Crippen LogP contribution in [0.2, 0.25) is 0 Å². The molecule has 29 heavy (non-hydrogen) atoms. The highest BCUT2D eigenvalue weighted by atomic mass is 32.2. The van der Waals surface area contributed by atoms with E-state index in [9.17, 15) is 13.2 Å². The largest absolute Gasteiger partial charge is 0.455 e. The van der Waals surface area contributed by atoms with Crippen LogP contribution in [0.1, 0.15) is 15.4 Å². The van der Waals surface area contributed by atoms with E-state index in [1.54, 1.807) is 22.3 Å². The average molecular weight is 434 g/mol. The highest BCUT2D eigenvalue weighted by Gasteiger charge is 2.31. The van der Waals surface area contributed by atoms with Gasteiger partial charge in [-0.25, -0.2) is 17.9 Å². The van der Waals surface area contributed by atoms with Gasteiger partial charge in [-0.05, 0) is 29.6 Å². The summed E-state index contributed by atoms with van der Waals surface area (Å²) in [6.45, 7) is 1.17. The molecule has 0 amide bonds. The lowest BCUT2D eigenvalue weighted by molar-refractivity contribution is 0.0468. The number of rotatable bonds is 6. The first-order chi connectivity index (χ1) is 14.1. The van der Waals surface area contributed by atoms with Gasteiger partial charge in [0.2, 0.25) is 10.0 Å². The molecule has 1 fully saturated rings. The molecule has 3 aromatic rings. The summed E-state index contributed by atoms with van der Waals surface area (Å²) >= 11 is 1.05. The SMILES string of the molecule is O=C(OCc1ccn(-c2ccccc2)n1)c1sccc1S(=O)(=O)N1CCOCC1. The highest BCUT2D eigenvalue weighted by molar-refractivity contribution is 7.89. The third kappa shape index (κ3) is 4.25. The van der Waals surface area contributed by atoms with Crippen LogP contribution in [-0.2, 0) is 26.1 Å². The molecule has 0 saturated carbocycles. The summed E-state index contributed by atoms with van der Waals surface area (Å²) in [6.07, 6.45) is 1.78. The molecule has 152 valence electrons. The molecule has 0 N–H and O–H groups in total. The molecule has 1 aromatic carbocycles. The second-order valence-corrected chi connectivity index (χ2v) is 9.12. The molecular weight excluding hydrogens is 414 g/mol. The van der Waals surface area contributed by atoms with E-state index in [4.69, 9.17) is 9.47 Å². The predicted molar refractivity (Wildman–Crippen MR) is 107 cm³/mol. The highest BCUT2D eigenvalue weighted by Crippen LogP contribution is 2.27. The zero-order valence-corrected chi connectivity index (χ0v) is 17.1. The Kier molecular flexibility index (Phi) is 5.76. The van der Waals surface area contributed by atoms with E-state index in [-0.39, 0.29) is 29.5 Å². The van der Waals surface area contributed by atoms with Crippen LogP contribution in [0.5, 0.6) is 0 Å². The van der Waals surface area contributed by atoms with Gasteiger partial charge in [0.05, 0.1) is 18.9 Å². The minimum Gasteiger partial charge on any atom is -0.455 e.